The van der Waals surface area contributed by atoms with Crippen molar-refractivity contribution in [3.8, 4) is 28.6 Å². The Balaban J connectivity index is 1.69. The molecule has 0 radical (unpaired) electrons. The van der Waals surface area contributed by atoms with Gasteiger partial charge >= 0.3 is 0 Å². The van der Waals surface area contributed by atoms with Crippen molar-refractivity contribution in [3.63, 3.8) is 0 Å². The van der Waals surface area contributed by atoms with E-state index in [0.717, 1.165) is 44.5 Å². The lowest BCUT2D eigenvalue weighted by Gasteiger charge is -2.02. The molecule has 5 rings (SSSR count). The standard InChI is InChI=1S/C24H12N4O/c1-26-18-7-9-28-22(13-18)17-3-5-24-20(12-17)19-11-16(2-4-23(19)29-24)21-10-15(14-25)6-8-27-21/h2-13H. The first-order chi connectivity index (χ1) is 14.2. The molecule has 2 aromatic carbocycles. The Morgan fingerprint density at radius 1 is 0.793 bits per heavy atom. The molecule has 29 heavy (non-hydrogen) atoms. The van der Waals surface area contributed by atoms with E-state index < -0.39 is 0 Å². The Bertz CT molecular complexity index is 1370. The minimum Gasteiger partial charge on any atom is -0.456 e. The van der Waals surface area contributed by atoms with Crippen molar-refractivity contribution in [2.24, 2.45) is 0 Å². The molecule has 0 unspecified atom stereocenters. The van der Waals surface area contributed by atoms with E-state index in [0.29, 0.717) is 11.3 Å². The van der Waals surface area contributed by atoms with Gasteiger partial charge in [-0.3, -0.25) is 9.97 Å². The Morgan fingerprint density at radius 2 is 1.41 bits per heavy atom. The van der Waals surface area contributed by atoms with Crippen molar-refractivity contribution in [1.29, 1.82) is 5.26 Å². The van der Waals surface area contributed by atoms with Gasteiger partial charge in [-0.15, -0.1) is 0 Å². The second-order valence-corrected chi connectivity index (χ2v) is 6.58. The van der Waals surface area contributed by atoms with Crippen LogP contribution in [0.25, 0.3) is 49.3 Å². The van der Waals surface area contributed by atoms with Crippen LogP contribution in [-0.4, -0.2) is 9.97 Å². The topological polar surface area (TPSA) is 67.1 Å². The molecule has 0 spiro atoms. The molecule has 0 amide bonds. The molecule has 5 heteroatoms. The molecule has 0 aliphatic rings. The van der Waals surface area contributed by atoms with Crippen LogP contribution in [0.3, 0.4) is 0 Å². The molecule has 0 saturated carbocycles. The van der Waals surface area contributed by atoms with Gasteiger partial charge in [-0.05, 0) is 66.2 Å². The van der Waals surface area contributed by atoms with Crippen molar-refractivity contribution < 1.29 is 4.42 Å². The number of nitrogens with zero attached hydrogens (tertiary/aromatic N) is 4. The van der Waals surface area contributed by atoms with E-state index >= 15 is 0 Å². The van der Waals surface area contributed by atoms with Gasteiger partial charge in [-0.25, -0.2) is 4.85 Å². The molecule has 0 fully saturated rings. The van der Waals surface area contributed by atoms with E-state index in [1.807, 2.05) is 36.4 Å². The first kappa shape index (κ1) is 16.7. The Hall–Kier alpha value is -4.48. The summed E-state index contributed by atoms with van der Waals surface area (Å²) >= 11 is 0. The summed E-state index contributed by atoms with van der Waals surface area (Å²) in [7, 11) is 0. The lowest BCUT2D eigenvalue weighted by molar-refractivity contribution is 0.669. The van der Waals surface area contributed by atoms with E-state index in [4.69, 9.17) is 16.3 Å². The van der Waals surface area contributed by atoms with Crippen LogP contribution >= 0.6 is 0 Å². The summed E-state index contributed by atoms with van der Waals surface area (Å²) in [5.74, 6) is 0. The highest BCUT2D eigenvalue weighted by Crippen LogP contribution is 2.34. The Morgan fingerprint density at radius 3 is 2.03 bits per heavy atom. The molecule has 5 nitrogen and oxygen atoms in total. The molecular formula is C24H12N4O. The Kier molecular flexibility index (Phi) is 3.79. The van der Waals surface area contributed by atoms with Gasteiger partial charge in [0.15, 0.2) is 5.69 Å². The van der Waals surface area contributed by atoms with Crippen LogP contribution < -0.4 is 0 Å². The Labute approximate surface area is 166 Å². The van der Waals surface area contributed by atoms with Crippen LogP contribution in [0.15, 0.2) is 77.5 Å². The zero-order valence-corrected chi connectivity index (χ0v) is 15.1. The number of furan rings is 1. The highest BCUT2D eigenvalue weighted by Gasteiger charge is 2.11. The number of aromatic nitrogens is 2. The number of rotatable bonds is 2. The van der Waals surface area contributed by atoms with Crippen LogP contribution in [0.5, 0.6) is 0 Å². The predicted octanol–water partition coefficient (Wildman–Crippen LogP) is 6.13. The average molecular weight is 372 g/mol. The molecule has 0 N–H and O–H groups in total. The van der Waals surface area contributed by atoms with Gasteiger partial charge < -0.3 is 4.42 Å². The van der Waals surface area contributed by atoms with Crippen LogP contribution in [0.2, 0.25) is 0 Å². The highest BCUT2D eigenvalue weighted by molar-refractivity contribution is 6.07. The summed E-state index contributed by atoms with van der Waals surface area (Å²) in [6.45, 7) is 7.21. The maximum absolute atomic E-state index is 9.15. The van der Waals surface area contributed by atoms with E-state index in [1.54, 1.807) is 36.7 Å². The second-order valence-electron chi connectivity index (χ2n) is 6.58. The molecule has 3 heterocycles. The lowest BCUT2D eigenvalue weighted by Crippen LogP contribution is -1.85. The summed E-state index contributed by atoms with van der Waals surface area (Å²) in [5.41, 5.74) is 5.99. The van der Waals surface area contributed by atoms with Crippen LogP contribution in [0.1, 0.15) is 5.56 Å². The minimum absolute atomic E-state index is 0.554. The molecule has 0 atom stereocenters. The monoisotopic (exact) mass is 372 g/mol. The van der Waals surface area contributed by atoms with Crippen molar-refractivity contribution in [2.45, 2.75) is 0 Å². The molecule has 0 aliphatic carbocycles. The van der Waals surface area contributed by atoms with Gasteiger partial charge in [0.1, 0.15) is 11.2 Å². The number of benzene rings is 2. The van der Waals surface area contributed by atoms with Crippen LogP contribution in [-0.2, 0) is 0 Å². The van der Waals surface area contributed by atoms with Gasteiger partial charge in [0.2, 0.25) is 0 Å². The quantitative estimate of drug-likeness (QED) is 0.349. The van der Waals surface area contributed by atoms with Crippen LogP contribution in [0, 0.1) is 17.9 Å². The first-order valence-electron chi connectivity index (χ1n) is 8.92. The predicted molar refractivity (Wildman–Crippen MR) is 111 cm³/mol. The zero-order valence-electron chi connectivity index (χ0n) is 15.1. The van der Waals surface area contributed by atoms with E-state index in [-0.39, 0.29) is 0 Å². The fourth-order valence-electron chi connectivity index (χ4n) is 3.40. The van der Waals surface area contributed by atoms with Gasteiger partial charge in [0.25, 0.3) is 0 Å². The van der Waals surface area contributed by atoms with Crippen molar-refractivity contribution >= 4 is 27.6 Å². The molecule has 134 valence electrons. The largest absolute Gasteiger partial charge is 0.456 e. The lowest BCUT2D eigenvalue weighted by atomic mass is 10.0. The molecule has 0 saturated heterocycles. The van der Waals surface area contributed by atoms with E-state index in [1.165, 1.54) is 0 Å². The third kappa shape index (κ3) is 2.88. The third-order valence-electron chi connectivity index (χ3n) is 4.82. The minimum atomic E-state index is 0.554. The maximum Gasteiger partial charge on any atom is 0.190 e. The number of fused-ring (bicyclic) bond motifs is 3. The maximum atomic E-state index is 9.15. The van der Waals surface area contributed by atoms with Crippen molar-refractivity contribution in [1.82, 2.24) is 9.97 Å². The fourth-order valence-corrected chi connectivity index (χ4v) is 3.40. The highest BCUT2D eigenvalue weighted by atomic mass is 16.3. The summed E-state index contributed by atoms with van der Waals surface area (Å²) in [5, 5.41) is 11.1. The van der Waals surface area contributed by atoms with Crippen LogP contribution in [0.4, 0.5) is 5.69 Å². The summed E-state index contributed by atoms with van der Waals surface area (Å²) in [4.78, 5) is 12.3. The number of pyridine rings is 2. The van der Waals surface area contributed by atoms with Crippen molar-refractivity contribution in [2.75, 3.05) is 0 Å². The number of nitriles is 1. The normalized spacial score (nSPS) is 10.7. The second kappa shape index (κ2) is 6.60. The molecule has 5 aromatic rings. The number of hydrogen-bond donors (Lipinski definition) is 0. The van der Waals surface area contributed by atoms with Gasteiger partial charge in [0, 0.05) is 28.7 Å². The molecule has 0 aliphatic heterocycles. The summed E-state index contributed by atoms with van der Waals surface area (Å²) < 4.78 is 5.98. The first-order valence-corrected chi connectivity index (χ1v) is 8.92. The smallest absolute Gasteiger partial charge is 0.190 e. The fraction of sp³-hybridized carbons (Fsp3) is 0. The van der Waals surface area contributed by atoms with Gasteiger partial charge in [-0.2, -0.15) is 5.26 Å². The van der Waals surface area contributed by atoms with Crippen molar-refractivity contribution in [3.05, 3.63) is 90.0 Å². The molecule has 3 aromatic heterocycles. The van der Waals surface area contributed by atoms with E-state index in [9.17, 15) is 0 Å². The zero-order chi connectivity index (χ0) is 19.8. The average Bonchev–Trinajstić information content (AvgIpc) is 3.16. The summed E-state index contributed by atoms with van der Waals surface area (Å²) in [6.07, 6.45) is 3.28. The SMILES string of the molecule is [C-]#[N+]c1ccnc(-c2ccc3oc4ccc(-c5cc(C#N)ccn5)cc4c3c2)c1. The molecule has 0 bridgehead atoms. The summed E-state index contributed by atoms with van der Waals surface area (Å²) in [6, 6.07) is 20.9. The van der Waals surface area contributed by atoms with Gasteiger partial charge in [0.05, 0.1) is 29.6 Å². The number of hydrogen-bond acceptors (Lipinski definition) is 4. The van der Waals surface area contributed by atoms with E-state index in [2.05, 4.69) is 20.9 Å². The third-order valence-corrected chi connectivity index (χ3v) is 4.82. The van der Waals surface area contributed by atoms with Gasteiger partial charge in [-0.1, -0.05) is 0 Å². The molecular weight excluding hydrogens is 360 g/mol.